The summed E-state index contributed by atoms with van der Waals surface area (Å²) in [7, 11) is 2.95. The molecule has 0 fully saturated rings. The van der Waals surface area contributed by atoms with Crippen LogP contribution < -0.4 is 19.5 Å². The van der Waals surface area contributed by atoms with E-state index >= 15 is 0 Å². The fourth-order valence-electron chi connectivity index (χ4n) is 1.91. The Kier molecular flexibility index (Phi) is 6.43. The van der Waals surface area contributed by atoms with Gasteiger partial charge in [-0.05, 0) is 18.2 Å². The second-order valence-corrected chi connectivity index (χ2v) is 5.91. The summed E-state index contributed by atoms with van der Waals surface area (Å²) in [6, 6.07) is 7.81. The summed E-state index contributed by atoms with van der Waals surface area (Å²) in [5.41, 5.74) is 0.413. The number of hydrogen-bond acceptors (Lipinski definition) is 4. The van der Waals surface area contributed by atoms with Gasteiger partial charge in [0.05, 0.1) is 24.9 Å². The average molecular weight is 391 g/mol. The fourth-order valence-corrected chi connectivity index (χ4v) is 2.64. The van der Waals surface area contributed by atoms with E-state index in [1.807, 2.05) is 0 Å². The fraction of sp³-hybridized carbons (Fsp3) is 0.188. The summed E-state index contributed by atoms with van der Waals surface area (Å²) in [6.07, 6.45) is 0. The van der Waals surface area contributed by atoms with E-state index in [0.29, 0.717) is 38.0 Å². The van der Waals surface area contributed by atoms with Crippen molar-refractivity contribution in [2.75, 3.05) is 26.1 Å². The quantitative estimate of drug-likeness (QED) is 0.778. The van der Waals surface area contributed by atoms with Gasteiger partial charge in [-0.25, -0.2) is 0 Å². The second-order valence-electron chi connectivity index (χ2n) is 4.63. The van der Waals surface area contributed by atoms with Crippen LogP contribution in [0.25, 0.3) is 0 Å². The number of benzene rings is 2. The van der Waals surface area contributed by atoms with Crippen molar-refractivity contribution >= 4 is 46.4 Å². The highest BCUT2D eigenvalue weighted by Gasteiger charge is 2.13. The summed E-state index contributed by atoms with van der Waals surface area (Å²) in [6.45, 7) is -0.231. The van der Waals surface area contributed by atoms with Crippen molar-refractivity contribution in [3.05, 3.63) is 45.4 Å². The molecule has 0 radical (unpaired) electrons. The lowest BCUT2D eigenvalue weighted by Gasteiger charge is -2.13. The standard InChI is InChI=1S/C16H14Cl3NO4/c1-22-14-7-13(15(23-2)6-12(14)19)20-16(21)8-24-11-4-9(17)3-10(18)5-11/h3-7H,8H2,1-2H3,(H,20,21). The molecule has 2 aromatic carbocycles. The minimum atomic E-state index is -0.395. The van der Waals surface area contributed by atoms with Crippen LogP contribution in [0.3, 0.4) is 0 Å². The number of rotatable bonds is 6. The van der Waals surface area contributed by atoms with Gasteiger partial charge in [-0.3, -0.25) is 4.79 Å². The highest BCUT2D eigenvalue weighted by molar-refractivity contribution is 6.34. The molecule has 0 aliphatic rings. The molecule has 128 valence electrons. The second kappa shape index (κ2) is 8.33. The first-order valence-electron chi connectivity index (χ1n) is 6.73. The van der Waals surface area contributed by atoms with Gasteiger partial charge in [-0.15, -0.1) is 0 Å². The van der Waals surface area contributed by atoms with Gasteiger partial charge in [0.25, 0.3) is 5.91 Å². The maximum atomic E-state index is 12.1. The summed E-state index contributed by atoms with van der Waals surface area (Å²) < 4.78 is 15.7. The van der Waals surface area contributed by atoms with E-state index in [9.17, 15) is 4.79 Å². The van der Waals surface area contributed by atoms with E-state index in [4.69, 9.17) is 49.0 Å². The third kappa shape index (κ3) is 4.84. The molecule has 2 rings (SSSR count). The van der Waals surface area contributed by atoms with Crippen molar-refractivity contribution in [3.63, 3.8) is 0 Å². The molecular formula is C16H14Cl3NO4. The van der Waals surface area contributed by atoms with Crippen molar-refractivity contribution in [2.45, 2.75) is 0 Å². The van der Waals surface area contributed by atoms with E-state index < -0.39 is 5.91 Å². The van der Waals surface area contributed by atoms with Gasteiger partial charge in [0.15, 0.2) is 6.61 Å². The van der Waals surface area contributed by atoms with Crippen LogP contribution in [0, 0.1) is 0 Å². The van der Waals surface area contributed by atoms with E-state index in [0.717, 1.165) is 0 Å². The highest BCUT2D eigenvalue weighted by Crippen LogP contribution is 2.35. The lowest BCUT2D eigenvalue weighted by molar-refractivity contribution is -0.118. The number of methoxy groups -OCH3 is 2. The molecule has 1 amide bonds. The van der Waals surface area contributed by atoms with Gasteiger partial charge in [0.2, 0.25) is 0 Å². The molecule has 0 aromatic heterocycles. The van der Waals surface area contributed by atoms with E-state index in [1.165, 1.54) is 14.2 Å². The summed E-state index contributed by atoms with van der Waals surface area (Å²) in [5.74, 6) is 0.812. The van der Waals surface area contributed by atoms with Gasteiger partial charge in [0, 0.05) is 22.2 Å². The van der Waals surface area contributed by atoms with Crippen LogP contribution in [-0.4, -0.2) is 26.7 Å². The van der Waals surface area contributed by atoms with Crippen molar-refractivity contribution in [2.24, 2.45) is 0 Å². The molecule has 0 aliphatic carbocycles. The summed E-state index contributed by atoms with van der Waals surface area (Å²) in [5, 5.41) is 3.88. The Labute approximate surface area is 154 Å². The Morgan fingerprint density at radius 2 is 1.58 bits per heavy atom. The summed E-state index contributed by atoms with van der Waals surface area (Å²) in [4.78, 5) is 12.1. The van der Waals surface area contributed by atoms with E-state index in [1.54, 1.807) is 30.3 Å². The van der Waals surface area contributed by atoms with Crippen molar-refractivity contribution in [3.8, 4) is 17.2 Å². The van der Waals surface area contributed by atoms with Crippen LogP contribution in [0.4, 0.5) is 5.69 Å². The molecule has 0 saturated heterocycles. The van der Waals surface area contributed by atoms with Crippen molar-refractivity contribution < 1.29 is 19.0 Å². The molecule has 0 heterocycles. The number of amides is 1. The van der Waals surface area contributed by atoms with Crippen LogP contribution in [0.15, 0.2) is 30.3 Å². The Balaban J connectivity index is 2.06. The van der Waals surface area contributed by atoms with E-state index in [2.05, 4.69) is 5.32 Å². The topological polar surface area (TPSA) is 56.8 Å². The first-order valence-corrected chi connectivity index (χ1v) is 7.86. The highest BCUT2D eigenvalue weighted by atomic mass is 35.5. The van der Waals surface area contributed by atoms with Crippen molar-refractivity contribution in [1.29, 1.82) is 0 Å². The minimum Gasteiger partial charge on any atom is -0.495 e. The van der Waals surface area contributed by atoms with Gasteiger partial charge in [-0.1, -0.05) is 34.8 Å². The van der Waals surface area contributed by atoms with Crippen LogP contribution >= 0.6 is 34.8 Å². The molecule has 0 aliphatic heterocycles. The van der Waals surface area contributed by atoms with Crippen molar-refractivity contribution in [1.82, 2.24) is 0 Å². The average Bonchev–Trinajstić information content (AvgIpc) is 2.53. The van der Waals surface area contributed by atoms with Crippen LogP contribution in [-0.2, 0) is 4.79 Å². The number of hydrogen-bond donors (Lipinski definition) is 1. The third-order valence-electron chi connectivity index (χ3n) is 2.95. The molecule has 0 atom stereocenters. The smallest absolute Gasteiger partial charge is 0.262 e. The molecule has 0 spiro atoms. The van der Waals surface area contributed by atoms with Crippen LogP contribution in [0.5, 0.6) is 17.2 Å². The number of carbonyl (C=O) groups is 1. The maximum absolute atomic E-state index is 12.1. The molecule has 2 aromatic rings. The summed E-state index contributed by atoms with van der Waals surface area (Å²) >= 11 is 17.8. The van der Waals surface area contributed by atoms with Gasteiger partial charge in [-0.2, -0.15) is 0 Å². The Morgan fingerprint density at radius 3 is 2.17 bits per heavy atom. The largest absolute Gasteiger partial charge is 0.495 e. The molecule has 1 N–H and O–H groups in total. The van der Waals surface area contributed by atoms with Gasteiger partial charge < -0.3 is 19.5 Å². The normalized spacial score (nSPS) is 10.2. The van der Waals surface area contributed by atoms with Crippen LogP contribution in [0.2, 0.25) is 15.1 Å². The number of anilines is 1. The zero-order valence-electron chi connectivity index (χ0n) is 12.9. The van der Waals surface area contributed by atoms with Gasteiger partial charge in [0.1, 0.15) is 17.2 Å². The molecule has 0 bridgehead atoms. The first-order chi connectivity index (χ1) is 11.4. The number of carbonyl (C=O) groups excluding carboxylic acids is 1. The molecule has 8 heteroatoms. The third-order valence-corrected chi connectivity index (χ3v) is 3.69. The Bertz CT molecular complexity index is 732. The molecule has 0 saturated carbocycles. The first kappa shape index (κ1) is 18.5. The monoisotopic (exact) mass is 389 g/mol. The zero-order valence-corrected chi connectivity index (χ0v) is 15.1. The van der Waals surface area contributed by atoms with Gasteiger partial charge >= 0.3 is 0 Å². The number of ether oxygens (including phenoxy) is 3. The predicted octanol–water partition coefficient (Wildman–Crippen LogP) is 4.68. The Morgan fingerprint density at radius 1 is 0.958 bits per heavy atom. The molecule has 24 heavy (non-hydrogen) atoms. The number of halogens is 3. The predicted molar refractivity (Wildman–Crippen MR) is 95.1 cm³/mol. The Hall–Kier alpha value is -1.82. The number of nitrogens with one attached hydrogen (secondary N) is 1. The lowest BCUT2D eigenvalue weighted by atomic mass is 10.2. The zero-order chi connectivity index (χ0) is 17.7. The lowest BCUT2D eigenvalue weighted by Crippen LogP contribution is -2.20. The molecule has 0 unspecified atom stereocenters. The maximum Gasteiger partial charge on any atom is 0.262 e. The minimum absolute atomic E-state index is 0.231. The molecular weight excluding hydrogens is 377 g/mol. The molecule has 5 nitrogen and oxygen atoms in total. The SMILES string of the molecule is COc1cc(NC(=O)COc2cc(Cl)cc(Cl)c2)c(OC)cc1Cl. The van der Waals surface area contributed by atoms with Crippen LogP contribution in [0.1, 0.15) is 0 Å². The van der Waals surface area contributed by atoms with E-state index in [-0.39, 0.29) is 6.61 Å².